The number of nitrogens with zero attached hydrogens (tertiary/aromatic N) is 1. The Labute approximate surface area is 120 Å². The summed E-state index contributed by atoms with van der Waals surface area (Å²) in [5.41, 5.74) is 1.03. The Kier molecular flexibility index (Phi) is 3.29. The molecular formula is C17H13F2NO. The fraction of sp³-hybridized carbons (Fsp3) is 0.118. The van der Waals surface area contributed by atoms with Gasteiger partial charge in [-0.2, -0.15) is 8.78 Å². The zero-order valence-corrected chi connectivity index (χ0v) is 11.2. The molecule has 0 fully saturated rings. The monoisotopic (exact) mass is 285 g/mol. The summed E-state index contributed by atoms with van der Waals surface area (Å²) in [5, 5.41) is 0.691. The molecule has 0 aliphatic rings. The third kappa shape index (κ3) is 2.44. The van der Waals surface area contributed by atoms with Gasteiger partial charge in [0.25, 0.3) is 5.92 Å². The lowest BCUT2D eigenvalue weighted by Crippen LogP contribution is -2.20. The number of aldehydes is 1. The van der Waals surface area contributed by atoms with Crippen molar-refractivity contribution >= 4 is 17.2 Å². The highest BCUT2D eigenvalue weighted by molar-refractivity contribution is 5.97. The normalized spacial score (nSPS) is 11.7. The Morgan fingerprint density at radius 3 is 2.38 bits per heavy atom. The zero-order valence-electron chi connectivity index (χ0n) is 11.2. The topological polar surface area (TPSA) is 22.0 Å². The molecule has 1 aromatic heterocycles. The van der Waals surface area contributed by atoms with E-state index in [9.17, 15) is 13.6 Å². The van der Waals surface area contributed by atoms with Gasteiger partial charge < -0.3 is 4.57 Å². The first-order valence-corrected chi connectivity index (χ1v) is 6.58. The third-order valence-electron chi connectivity index (χ3n) is 3.51. The molecule has 0 bridgehead atoms. The van der Waals surface area contributed by atoms with Gasteiger partial charge in [0.05, 0.1) is 6.54 Å². The maximum absolute atomic E-state index is 14.4. The summed E-state index contributed by atoms with van der Waals surface area (Å²) in [7, 11) is 0. The minimum absolute atomic E-state index is 0.0320. The number of alkyl halides is 2. The molecular weight excluding hydrogens is 272 g/mol. The molecule has 0 N–H and O–H groups in total. The van der Waals surface area contributed by atoms with Crippen LogP contribution in [0.15, 0.2) is 60.8 Å². The summed E-state index contributed by atoms with van der Waals surface area (Å²) in [6.45, 7) is -0.495. The van der Waals surface area contributed by atoms with Crippen LogP contribution in [0.4, 0.5) is 8.78 Å². The Morgan fingerprint density at radius 2 is 1.67 bits per heavy atom. The lowest BCUT2D eigenvalue weighted by atomic mass is 10.1. The number of rotatable bonds is 4. The van der Waals surface area contributed by atoms with Crippen LogP contribution < -0.4 is 0 Å². The number of carbonyl (C=O) groups excluding carboxylic acids is 1. The van der Waals surface area contributed by atoms with E-state index in [0.29, 0.717) is 22.8 Å². The van der Waals surface area contributed by atoms with Gasteiger partial charge in [-0.15, -0.1) is 0 Å². The molecule has 0 saturated carbocycles. The van der Waals surface area contributed by atoms with Gasteiger partial charge in [-0.3, -0.25) is 4.79 Å². The lowest BCUT2D eigenvalue weighted by molar-refractivity contribution is -0.0211. The van der Waals surface area contributed by atoms with E-state index in [-0.39, 0.29) is 5.56 Å². The lowest BCUT2D eigenvalue weighted by Gasteiger charge is -2.18. The predicted octanol–water partition coefficient (Wildman–Crippen LogP) is 4.25. The van der Waals surface area contributed by atoms with Crippen molar-refractivity contribution in [3.8, 4) is 0 Å². The van der Waals surface area contributed by atoms with E-state index in [1.807, 2.05) is 0 Å². The molecule has 0 atom stereocenters. The van der Waals surface area contributed by atoms with E-state index in [1.54, 1.807) is 42.5 Å². The van der Waals surface area contributed by atoms with E-state index in [4.69, 9.17) is 0 Å². The molecule has 0 amide bonds. The molecule has 0 aliphatic heterocycles. The second-order valence-electron chi connectivity index (χ2n) is 4.92. The van der Waals surface area contributed by atoms with E-state index < -0.39 is 12.5 Å². The first-order valence-electron chi connectivity index (χ1n) is 6.58. The minimum Gasteiger partial charge on any atom is -0.340 e. The Morgan fingerprint density at radius 1 is 1.00 bits per heavy atom. The quantitative estimate of drug-likeness (QED) is 0.657. The summed E-state index contributed by atoms with van der Waals surface area (Å²) in [5.74, 6) is -3.00. The second kappa shape index (κ2) is 5.13. The maximum atomic E-state index is 14.4. The molecule has 0 spiro atoms. The number of para-hydroxylation sites is 1. The van der Waals surface area contributed by atoms with Crippen LogP contribution in [0.3, 0.4) is 0 Å². The summed E-state index contributed by atoms with van der Waals surface area (Å²) in [4.78, 5) is 11.1. The van der Waals surface area contributed by atoms with Gasteiger partial charge in [0, 0.05) is 28.2 Å². The van der Waals surface area contributed by atoms with Crippen molar-refractivity contribution in [1.82, 2.24) is 4.57 Å². The fourth-order valence-corrected chi connectivity index (χ4v) is 2.49. The second-order valence-corrected chi connectivity index (χ2v) is 4.92. The SMILES string of the molecule is O=Cc1cn(CC(F)(F)c2ccccc2)c2ccccc12. The zero-order chi connectivity index (χ0) is 14.9. The Hall–Kier alpha value is -2.49. The van der Waals surface area contributed by atoms with Crippen LogP contribution >= 0.6 is 0 Å². The highest BCUT2D eigenvalue weighted by atomic mass is 19.3. The average molecular weight is 285 g/mol. The number of hydrogen-bond acceptors (Lipinski definition) is 1. The minimum atomic E-state index is -3.00. The molecule has 0 aliphatic carbocycles. The van der Waals surface area contributed by atoms with Crippen LogP contribution in [0.1, 0.15) is 15.9 Å². The predicted molar refractivity (Wildman–Crippen MR) is 77.7 cm³/mol. The summed E-state index contributed by atoms with van der Waals surface area (Å²) in [6.07, 6.45) is 2.17. The van der Waals surface area contributed by atoms with Crippen molar-refractivity contribution in [3.05, 3.63) is 71.9 Å². The fourth-order valence-electron chi connectivity index (χ4n) is 2.49. The number of halogens is 2. The molecule has 2 aromatic carbocycles. The summed E-state index contributed by atoms with van der Waals surface area (Å²) < 4.78 is 30.2. The molecule has 106 valence electrons. The Bertz CT molecular complexity index is 778. The van der Waals surface area contributed by atoms with Gasteiger partial charge in [-0.1, -0.05) is 48.5 Å². The van der Waals surface area contributed by atoms with E-state index >= 15 is 0 Å². The molecule has 3 rings (SSSR count). The van der Waals surface area contributed by atoms with Crippen molar-refractivity contribution < 1.29 is 13.6 Å². The third-order valence-corrected chi connectivity index (χ3v) is 3.51. The van der Waals surface area contributed by atoms with Crippen LogP contribution in [-0.2, 0) is 12.5 Å². The van der Waals surface area contributed by atoms with Crippen LogP contribution in [0.5, 0.6) is 0 Å². The van der Waals surface area contributed by atoms with Gasteiger partial charge in [-0.05, 0) is 6.07 Å². The number of fused-ring (bicyclic) bond motifs is 1. The van der Waals surface area contributed by atoms with Gasteiger partial charge in [0.2, 0.25) is 0 Å². The molecule has 0 unspecified atom stereocenters. The summed E-state index contributed by atoms with van der Waals surface area (Å²) >= 11 is 0. The first kappa shape index (κ1) is 13.5. The molecule has 2 nitrogen and oxygen atoms in total. The average Bonchev–Trinajstić information content (AvgIpc) is 2.86. The number of carbonyl (C=O) groups is 1. The summed E-state index contributed by atoms with van der Waals surface area (Å²) in [6, 6.07) is 14.8. The van der Waals surface area contributed by atoms with Crippen LogP contribution in [-0.4, -0.2) is 10.9 Å². The van der Waals surface area contributed by atoms with Gasteiger partial charge in [0.15, 0.2) is 6.29 Å². The molecule has 4 heteroatoms. The van der Waals surface area contributed by atoms with E-state index in [1.165, 1.54) is 22.9 Å². The standard InChI is InChI=1S/C17H13F2NO/c18-17(19,14-6-2-1-3-7-14)12-20-10-13(11-21)15-8-4-5-9-16(15)20/h1-11H,12H2. The van der Waals surface area contributed by atoms with Crippen molar-refractivity contribution in [1.29, 1.82) is 0 Å². The van der Waals surface area contributed by atoms with Crippen molar-refractivity contribution in [2.45, 2.75) is 12.5 Å². The molecule has 21 heavy (non-hydrogen) atoms. The maximum Gasteiger partial charge on any atom is 0.290 e. The molecule has 3 aromatic rings. The molecule has 0 radical (unpaired) electrons. The smallest absolute Gasteiger partial charge is 0.290 e. The number of aromatic nitrogens is 1. The molecule has 0 saturated heterocycles. The Balaban J connectivity index is 2.04. The van der Waals surface area contributed by atoms with Crippen LogP contribution in [0.25, 0.3) is 10.9 Å². The highest BCUT2D eigenvalue weighted by Crippen LogP contribution is 2.32. The largest absolute Gasteiger partial charge is 0.340 e. The van der Waals surface area contributed by atoms with Gasteiger partial charge in [-0.25, -0.2) is 0 Å². The molecule has 1 heterocycles. The van der Waals surface area contributed by atoms with Gasteiger partial charge >= 0.3 is 0 Å². The van der Waals surface area contributed by atoms with Crippen molar-refractivity contribution in [3.63, 3.8) is 0 Å². The van der Waals surface area contributed by atoms with Crippen LogP contribution in [0, 0.1) is 0 Å². The van der Waals surface area contributed by atoms with E-state index in [0.717, 1.165) is 0 Å². The van der Waals surface area contributed by atoms with Gasteiger partial charge in [0.1, 0.15) is 0 Å². The first-order chi connectivity index (χ1) is 10.1. The van der Waals surface area contributed by atoms with Crippen molar-refractivity contribution in [2.24, 2.45) is 0 Å². The number of hydrogen-bond donors (Lipinski definition) is 0. The van der Waals surface area contributed by atoms with Crippen molar-refractivity contribution in [2.75, 3.05) is 0 Å². The van der Waals surface area contributed by atoms with Crippen LogP contribution in [0.2, 0.25) is 0 Å². The highest BCUT2D eigenvalue weighted by Gasteiger charge is 2.32. The van der Waals surface area contributed by atoms with E-state index in [2.05, 4.69) is 0 Å². The number of benzene rings is 2.